The predicted molar refractivity (Wildman–Crippen MR) is 80.6 cm³/mol. The monoisotopic (exact) mass is 261 g/mol. The molecule has 106 valence electrons. The minimum absolute atomic E-state index is 0.507. The van der Waals surface area contributed by atoms with Crippen LogP contribution in [-0.2, 0) is 0 Å². The van der Waals surface area contributed by atoms with Gasteiger partial charge >= 0.3 is 0 Å². The van der Waals surface area contributed by atoms with Gasteiger partial charge in [0.15, 0.2) is 0 Å². The number of unbranched alkanes of at least 4 members (excludes halogenated alkanes) is 1. The number of hydrogen-bond acceptors (Lipinski definition) is 2. The molecule has 0 amide bonds. The van der Waals surface area contributed by atoms with Crippen molar-refractivity contribution in [3.05, 3.63) is 29.8 Å². The summed E-state index contributed by atoms with van der Waals surface area (Å²) < 4.78 is 5.72. The summed E-state index contributed by atoms with van der Waals surface area (Å²) in [5, 5.41) is 3.49. The summed E-state index contributed by atoms with van der Waals surface area (Å²) in [4.78, 5) is 0. The maximum Gasteiger partial charge on any atom is 0.119 e. The van der Waals surface area contributed by atoms with Gasteiger partial charge in [-0.1, -0.05) is 38.3 Å². The van der Waals surface area contributed by atoms with Crippen LogP contribution in [0.1, 0.15) is 57.1 Å². The number of benzene rings is 1. The lowest BCUT2D eigenvalue weighted by Gasteiger charge is -2.23. The summed E-state index contributed by atoms with van der Waals surface area (Å²) in [6, 6.07) is 9.18. The Labute approximate surface area is 117 Å². The first-order valence-electron chi connectivity index (χ1n) is 7.75. The molecule has 0 aliphatic heterocycles. The molecule has 0 heterocycles. The molecule has 1 N–H and O–H groups in total. The van der Waals surface area contributed by atoms with Crippen LogP contribution in [0.2, 0.25) is 0 Å². The molecule has 2 heteroatoms. The average Bonchev–Trinajstić information content (AvgIpc) is 2.96. The summed E-state index contributed by atoms with van der Waals surface area (Å²) in [5.74, 6) is 1.80. The summed E-state index contributed by atoms with van der Waals surface area (Å²) in [7, 11) is 2.08. The summed E-state index contributed by atoms with van der Waals surface area (Å²) in [6.45, 7) is 3.01. The normalized spacial score (nSPS) is 17.6. The van der Waals surface area contributed by atoms with Crippen molar-refractivity contribution in [3.63, 3.8) is 0 Å². The van der Waals surface area contributed by atoms with Crippen LogP contribution in [0.5, 0.6) is 5.75 Å². The molecule has 0 spiro atoms. The molecule has 0 aromatic heterocycles. The molecule has 0 bridgehead atoms. The third-order valence-electron chi connectivity index (χ3n) is 4.19. The number of nitrogens with one attached hydrogen (secondary N) is 1. The minimum atomic E-state index is 0.507. The van der Waals surface area contributed by atoms with E-state index in [9.17, 15) is 0 Å². The molecule has 1 atom stereocenters. The first kappa shape index (κ1) is 14.4. The molecule has 1 unspecified atom stereocenters. The molecule has 19 heavy (non-hydrogen) atoms. The lowest BCUT2D eigenvalue weighted by atomic mass is 9.92. The van der Waals surface area contributed by atoms with E-state index in [1.165, 1.54) is 37.7 Å². The Morgan fingerprint density at radius 1 is 1.21 bits per heavy atom. The van der Waals surface area contributed by atoms with E-state index in [1.807, 2.05) is 0 Å². The van der Waals surface area contributed by atoms with Crippen LogP contribution in [0.3, 0.4) is 0 Å². The van der Waals surface area contributed by atoms with E-state index in [1.54, 1.807) is 0 Å². The van der Waals surface area contributed by atoms with Gasteiger partial charge in [0.2, 0.25) is 0 Å². The summed E-state index contributed by atoms with van der Waals surface area (Å²) in [6.07, 6.45) is 7.81. The lowest BCUT2D eigenvalue weighted by Crippen LogP contribution is -2.23. The zero-order valence-electron chi connectivity index (χ0n) is 12.3. The molecule has 1 aromatic carbocycles. The summed E-state index contributed by atoms with van der Waals surface area (Å²) in [5.41, 5.74) is 1.40. The van der Waals surface area contributed by atoms with Crippen LogP contribution in [0.15, 0.2) is 24.3 Å². The van der Waals surface area contributed by atoms with E-state index in [0.29, 0.717) is 6.04 Å². The lowest BCUT2D eigenvalue weighted by molar-refractivity contribution is 0.309. The molecule has 2 rings (SSSR count). The fraction of sp³-hybridized carbons (Fsp3) is 0.647. The zero-order valence-corrected chi connectivity index (χ0v) is 12.3. The fourth-order valence-electron chi connectivity index (χ4n) is 3.07. The summed E-state index contributed by atoms with van der Waals surface area (Å²) >= 11 is 0. The van der Waals surface area contributed by atoms with E-state index in [4.69, 9.17) is 4.74 Å². The minimum Gasteiger partial charge on any atom is -0.494 e. The van der Waals surface area contributed by atoms with Crippen LogP contribution in [0.4, 0.5) is 0 Å². The predicted octanol–water partition coefficient (Wildman–Crippen LogP) is 4.32. The van der Waals surface area contributed by atoms with Gasteiger partial charge in [-0.25, -0.2) is 0 Å². The maximum atomic E-state index is 5.72. The number of hydrogen-bond donors (Lipinski definition) is 1. The van der Waals surface area contributed by atoms with Crippen molar-refractivity contribution in [2.24, 2.45) is 5.92 Å². The van der Waals surface area contributed by atoms with E-state index < -0.39 is 0 Å². The first-order valence-corrected chi connectivity index (χ1v) is 7.75. The van der Waals surface area contributed by atoms with Gasteiger partial charge < -0.3 is 10.1 Å². The van der Waals surface area contributed by atoms with Crippen LogP contribution < -0.4 is 10.1 Å². The fourth-order valence-corrected chi connectivity index (χ4v) is 3.07. The highest BCUT2D eigenvalue weighted by Gasteiger charge is 2.24. The van der Waals surface area contributed by atoms with Crippen LogP contribution in [0, 0.1) is 5.92 Å². The largest absolute Gasteiger partial charge is 0.494 e. The van der Waals surface area contributed by atoms with Crippen molar-refractivity contribution < 1.29 is 4.74 Å². The first-order chi connectivity index (χ1) is 9.35. The molecular formula is C17H27NO. The smallest absolute Gasteiger partial charge is 0.119 e. The van der Waals surface area contributed by atoms with Gasteiger partial charge in [-0.15, -0.1) is 0 Å². The molecule has 0 radical (unpaired) electrons. The van der Waals surface area contributed by atoms with Crippen molar-refractivity contribution >= 4 is 0 Å². The van der Waals surface area contributed by atoms with Crippen molar-refractivity contribution in [1.82, 2.24) is 5.32 Å². The van der Waals surface area contributed by atoms with Gasteiger partial charge in [0.1, 0.15) is 5.75 Å². The second-order valence-electron chi connectivity index (χ2n) is 5.58. The highest BCUT2D eigenvalue weighted by molar-refractivity contribution is 5.29. The van der Waals surface area contributed by atoms with Gasteiger partial charge in [-0.2, -0.15) is 0 Å². The van der Waals surface area contributed by atoms with Crippen LogP contribution >= 0.6 is 0 Å². The Balaban J connectivity index is 1.95. The van der Waals surface area contributed by atoms with Crippen molar-refractivity contribution in [2.45, 2.75) is 51.5 Å². The van der Waals surface area contributed by atoms with Gasteiger partial charge in [0.05, 0.1) is 6.61 Å². The molecule has 0 saturated heterocycles. The highest BCUT2D eigenvalue weighted by Crippen LogP contribution is 2.35. The Bertz CT molecular complexity index is 354. The maximum absolute atomic E-state index is 5.72. The molecule has 1 aromatic rings. The second-order valence-corrected chi connectivity index (χ2v) is 5.58. The Kier molecular flexibility index (Phi) is 5.71. The third-order valence-corrected chi connectivity index (χ3v) is 4.19. The Morgan fingerprint density at radius 3 is 2.47 bits per heavy atom. The molecular weight excluding hydrogens is 234 g/mol. The van der Waals surface area contributed by atoms with E-state index >= 15 is 0 Å². The average molecular weight is 261 g/mol. The van der Waals surface area contributed by atoms with Crippen LogP contribution in [0.25, 0.3) is 0 Å². The zero-order chi connectivity index (χ0) is 13.5. The molecule has 1 fully saturated rings. The number of ether oxygens (including phenoxy) is 1. The van der Waals surface area contributed by atoms with Gasteiger partial charge in [0.25, 0.3) is 0 Å². The van der Waals surface area contributed by atoms with Crippen molar-refractivity contribution in [3.8, 4) is 5.75 Å². The van der Waals surface area contributed by atoms with Gasteiger partial charge in [-0.3, -0.25) is 0 Å². The third kappa shape index (κ3) is 3.97. The molecule has 2 nitrogen and oxygen atoms in total. The van der Waals surface area contributed by atoms with E-state index in [2.05, 4.69) is 43.6 Å². The quantitative estimate of drug-likeness (QED) is 0.738. The molecule has 1 saturated carbocycles. The standard InChI is InChI=1S/C17H27NO/c1-3-4-13-19-16-11-9-15(10-12-16)17(18-2)14-7-5-6-8-14/h9-12,14,17-18H,3-8,13H2,1-2H3. The second kappa shape index (κ2) is 7.54. The number of rotatable bonds is 7. The highest BCUT2D eigenvalue weighted by atomic mass is 16.5. The topological polar surface area (TPSA) is 21.3 Å². The van der Waals surface area contributed by atoms with Crippen LogP contribution in [-0.4, -0.2) is 13.7 Å². The SMILES string of the molecule is CCCCOc1ccc(C(NC)C2CCCC2)cc1. The molecule has 1 aliphatic carbocycles. The van der Waals surface area contributed by atoms with E-state index in [-0.39, 0.29) is 0 Å². The van der Waals surface area contributed by atoms with Crippen molar-refractivity contribution in [2.75, 3.05) is 13.7 Å². The Hall–Kier alpha value is -1.02. The molecule has 1 aliphatic rings. The van der Waals surface area contributed by atoms with Crippen molar-refractivity contribution in [1.29, 1.82) is 0 Å². The Morgan fingerprint density at radius 2 is 1.89 bits per heavy atom. The van der Waals surface area contributed by atoms with E-state index in [0.717, 1.165) is 24.7 Å². The van der Waals surface area contributed by atoms with Gasteiger partial charge in [0, 0.05) is 6.04 Å². The van der Waals surface area contributed by atoms with Gasteiger partial charge in [-0.05, 0) is 49.9 Å².